The summed E-state index contributed by atoms with van der Waals surface area (Å²) in [7, 11) is 0. The average Bonchev–Trinajstić information content (AvgIpc) is 3.01. The summed E-state index contributed by atoms with van der Waals surface area (Å²) in [6.07, 6.45) is 3.74. The molecule has 2 aromatic heterocycles. The number of nitrogens with zero attached hydrogens (tertiary/aromatic N) is 4. The van der Waals surface area contributed by atoms with E-state index >= 15 is 0 Å². The van der Waals surface area contributed by atoms with Gasteiger partial charge in [0.05, 0.1) is 12.1 Å². The van der Waals surface area contributed by atoms with Crippen molar-refractivity contribution in [1.82, 2.24) is 19.8 Å². The number of hydrogen-bond donors (Lipinski definition) is 2. The molecular weight excluding hydrogens is 290 g/mol. The molecule has 0 bridgehead atoms. The van der Waals surface area contributed by atoms with Gasteiger partial charge in [0.1, 0.15) is 5.82 Å². The molecule has 1 saturated carbocycles. The summed E-state index contributed by atoms with van der Waals surface area (Å²) >= 11 is 0. The Balaban J connectivity index is 1.67. The number of nitrogens with one attached hydrogen (secondary N) is 1. The molecule has 0 unspecified atom stereocenters. The van der Waals surface area contributed by atoms with Crippen molar-refractivity contribution in [3.63, 3.8) is 0 Å². The molecule has 6 heteroatoms. The molecule has 118 valence electrons. The molecule has 1 fully saturated rings. The first kappa shape index (κ1) is 14.1. The Morgan fingerprint density at radius 2 is 1.83 bits per heavy atom. The summed E-state index contributed by atoms with van der Waals surface area (Å²) in [5.74, 6) is 1.45. The fourth-order valence-corrected chi connectivity index (χ4v) is 3.10. The lowest BCUT2D eigenvalue weighted by Gasteiger charge is -2.28. The van der Waals surface area contributed by atoms with Gasteiger partial charge in [0.2, 0.25) is 0 Å². The zero-order valence-electron chi connectivity index (χ0n) is 12.8. The van der Waals surface area contributed by atoms with E-state index in [0.29, 0.717) is 11.5 Å². The second-order valence-corrected chi connectivity index (χ2v) is 5.98. The number of benzene rings is 1. The quantitative estimate of drug-likeness (QED) is 0.777. The van der Waals surface area contributed by atoms with E-state index in [9.17, 15) is 5.11 Å². The van der Waals surface area contributed by atoms with Gasteiger partial charge in [0.15, 0.2) is 11.5 Å². The van der Waals surface area contributed by atoms with Crippen LogP contribution >= 0.6 is 0 Å². The number of aromatic nitrogens is 4. The van der Waals surface area contributed by atoms with Crippen LogP contribution in [0, 0.1) is 0 Å². The van der Waals surface area contributed by atoms with Gasteiger partial charge in [0.25, 0.3) is 0 Å². The van der Waals surface area contributed by atoms with Crippen LogP contribution in [0.25, 0.3) is 17.0 Å². The molecule has 0 spiro atoms. The summed E-state index contributed by atoms with van der Waals surface area (Å²) in [5, 5.41) is 26.5. The topological polar surface area (TPSA) is 75.3 Å². The highest BCUT2D eigenvalue weighted by atomic mass is 16.3. The van der Waals surface area contributed by atoms with Crippen LogP contribution in [0.5, 0.6) is 0 Å². The van der Waals surface area contributed by atoms with Crippen molar-refractivity contribution in [2.24, 2.45) is 0 Å². The lowest BCUT2D eigenvalue weighted by atomic mass is 9.93. The molecule has 3 aromatic rings. The first-order valence-electron chi connectivity index (χ1n) is 8.04. The molecule has 2 heterocycles. The van der Waals surface area contributed by atoms with Crippen LogP contribution in [0.3, 0.4) is 0 Å². The van der Waals surface area contributed by atoms with Crippen molar-refractivity contribution < 1.29 is 5.11 Å². The minimum absolute atomic E-state index is 0.0605. The number of fused-ring (bicyclic) bond motifs is 1. The summed E-state index contributed by atoms with van der Waals surface area (Å²) in [6.45, 7) is 0. The van der Waals surface area contributed by atoms with Gasteiger partial charge in [0, 0.05) is 5.56 Å². The summed E-state index contributed by atoms with van der Waals surface area (Å²) in [4.78, 5) is 0. The van der Waals surface area contributed by atoms with Gasteiger partial charge in [-0.3, -0.25) is 0 Å². The van der Waals surface area contributed by atoms with E-state index in [1.54, 1.807) is 4.52 Å². The fraction of sp³-hybridized carbons (Fsp3) is 0.353. The highest BCUT2D eigenvalue weighted by molar-refractivity contribution is 5.59. The maximum Gasteiger partial charge on any atom is 0.185 e. The van der Waals surface area contributed by atoms with E-state index < -0.39 is 0 Å². The van der Waals surface area contributed by atoms with E-state index in [-0.39, 0.29) is 12.1 Å². The summed E-state index contributed by atoms with van der Waals surface area (Å²) < 4.78 is 1.74. The lowest BCUT2D eigenvalue weighted by Crippen LogP contribution is -2.36. The number of rotatable bonds is 3. The van der Waals surface area contributed by atoms with Crippen molar-refractivity contribution in [2.75, 3.05) is 5.32 Å². The van der Waals surface area contributed by atoms with Crippen molar-refractivity contribution in [3.05, 3.63) is 42.5 Å². The Morgan fingerprint density at radius 3 is 2.65 bits per heavy atom. The number of aliphatic hydroxyl groups is 1. The van der Waals surface area contributed by atoms with Gasteiger partial charge < -0.3 is 10.4 Å². The van der Waals surface area contributed by atoms with E-state index in [2.05, 4.69) is 20.6 Å². The predicted octanol–water partition coefficient (Wildman–Crippen LogP) is 2.51. The molecule has 0 aliphatic heterocycles. The predicted molar refractivity (Wildman–Crippen MR) is 88.1 cm³/mol. The van der Waals surface area contributed by atoms with Crippen LogP contribution < -0.4 is 5.32 Å². The largest absolute Gasteiger partial charge is 0.391 e. The third-order valence-corrected chi connectivity index (χ3v) is 4.36. The molecule has 1 aromatic carbocycles. The van der Waals surface area contributed by atoms with Crippen LogP contribution in [0.4, 0.5) is 5.82 Å². The molecule has 2 N–H and O–H groups in total. The Labute approximate surface area is 134 Å². The molecule has 0 radical (unpaired) electrons. The third kappa shape index (κ3) is 2.77. The first-order valence-corrected chi connectivity index (χ1v) is 8.04. The number of anilines is 1. The molecule has 2 atom stereocenters. The molecule has 1 aliphatic rings. The summed E-state index contributed by atoms with van der Waals surface area (Å²) in [6, 6.07) is 13.7. The summed E-state index contributed by atoms with van der Waals surface area (Å²) in [5.41, 5.74) is 1.68. The van der Waals surface area contributed by atoms with Crippen LogP contribution in [0.15, 0.2) is 42.5 Å². The molecule has 0 amide bonds. The van der Waals surface area contributed by atoms with Gasteiger partial charge in [-0.25, -0.2) is 0 Å². The maximum atomic E-state index is 10.1. The van der Waals surface area contributed by atoms with Crippen LogP contribution in [0.2, 0.25) is 0 Å². The van der Waals surface area contributed by atoms with E-state index in [1.807, 2.05) is 42.5 Å². The Kier molecular flexibility index (Phi) is 3.67. The molecular formula is C17H19N5O. The molecule has 23 heavy (non-hydrogen) atoms. The lowest BCUT2D eigenvalue weighted by molar-refractivity contribution is 0.116. The van der Waals surface area contributed by atoms with Crippen molar-refractivity contribution in [2.45, 2.75) is 37.8 Å². The highest BCUT2D eigenvalue weighted by Gasteiger charge is 2.23. The van der Waals surface area contributed by atoms with E-state index in [4.69, 9.17) is 0 Å². The minimum Gasteiger partial charge on any atom is -0.391 e. The van der Waals surface area contributed by atoms with Crippen molar-refractivity contribution in [3.8, 4) is 11.4 Å². The van der Waals surface area contributed by atoms with Crippen LogP contribution in [-0.2, 0) is 0 Å². The SMILES string of the molecule is O[C@H]1CCCC[C@@H]1Nc1ccc2nnc(-c3ccccc3)n2n1. The van der Waals surface area contributed by atoms with Gasteiger partial charge >= 0.3 is 0 Å². The third-order valence-electron chi connectivity index (χ3n) is 4.36. The van der Waals surface area contributed by atoms with E-state index in [1.165, 1.54) is 0 Å². The van der Waals surface area contributed by atoms with E-state index in [0.717, 1.165) is 37.1 Å². The maximum absolute atomic E-state index is 10.1. The Morgan fingerprint density at radius 1 is 1.00 bits per heavy atom. The smallest absolute Gasteiger partial charge is 0.185 e. The second-order valence-electron chi connectivity index (χ2n) is 5.98. The normalized spacial score (nSPS) is 21.4. The van der Waals surface area contributed by atoms with Gasteiger partial charge in [-0.05, 0) is 25.0 Å². The fourth-order valence-electron chi connectivity index (χ4n) is 3.10. The number of aliphatic hydroxyl groups excluding tert-OH is 1. The Bertz CT molecular complexity index is 801. The molecule has 1 aliphatic carbocycles. The highest BCUT2D eigenvalue weighted by Crippen LogP contribution is 2.22. The zero-order chi connectivity index (χ0) is 15.6. The van der Waals surface area contributed by atoms with Crippen molar-refractivity contribution >= 4 is 11.5 Å². The minimum atomic E-state index is -0.309. The second kappa shape index (κ2) is 5.96. The van der Waals surface area contributed by atoms with Crippen LogP contribution in [-0.4, -0.2) is 37.1 Å². The molecule has 6 nitrogen and oxygen atoms in total. The van der Waals surface area contributed by atoms with Gasteiger partial charge in [-0.2, -0.15) is 4.52 Å². The monoisotopic (exact) mass is 309 g/mol. The Hall–Kier alpha value is -2.47. The first-order chi connectivity index (χ1) is 11.3. The molecule has 0 saturated heterocycles. The van der Waals surface area contributed by atoms with Crippen molar-refractivity contribution in [1.29, 1.82) is 0 Å². The van der Waals surface area contributed by atoms with Gasteiger partial charge in [-0.15, -0.1) is 15.3 Å². The number of hydrogen-bond acceptors (Lipinski definition) is 5. The standard InChI is InChI=1S/C17H19N5O/c23-14-9-5-4-8-13(14)18-15-10-11-16-19-20-17(22(16)21-15)12-6-2-1-3-7-12/h1-3,6-7,10-11,13-14,23H,4-5,8-9H2,(H,18,21)/t13-,14-/m0/s1. The zero-order valence-corrected chi connectivity index (χ0v) is 12.8. The average molecular weight is 309 g/mol. The molecule has 4 rings (SSSR count). The van der Waals surface area contributed by atoms with Crippen LogP contribution in [0.1, 0.15) is 25.7 Å². The van der Waals surface area contributed by atoms with Gasteiger partial charge in [-0.1, -0.05) is 43.2 Å².